The molecule has 0 fully saturated rings. The first kappa shape index (κ1) is 13.8. The molecule has 17 heavy (non-hydrogen) atoms. The molecule has 0 unspecified atom stereocenters. The highest BCUT2D eigenvalue weighted by atomic mass is 79.9. The van der Waals surface area contributed by atoms with Crippen molar-refractivity contribution < 1.29 is 14.3 Å². The van der Waals surface area contributed by atoms with Crippen LogP contribution in [0.2, 0.25) is 0 Å². The van der Waals surface area contributed by atoms with E-state index in [0.717, 1.165) is 10.0 Å². The summed E-state index contributed by atoms with van der Waals surface area (Å²) in [7, 11) is 3.20. The average Bonchev–Trinajstić information content (AvgIpc) is 2.29. The number of halogens is 1. The molecule has 0 saturated carbocycles. The van der Waals surface area contributed by atoms with Crippen LogP contribution in [-0.2, 0) is 11.2 Å². The van der Waals surface area contributed by atoms with E-state index in [4.69, 9.17) is 9.47 Å². The standard InChI is InChI=1S/C12H16BrNO3/c1-8(15)14-7-6-9-4-5-10(13)12(17-3)11(9)16-2/h4-5H,6-7H2,1-3H3,(H,14,15). The van der Waals surface area contributed by atoms with Crippen molar-refractivity contribution in [2.75, 3.05) is 20.8 Å². The summed E-state index contributed by atoms with van der Waals surface area (Å²) in [5.74, 6) is 1.34. The molecule has 0 aliphatic heterocycles. The van der Waals surface area contributed by atoms with Crippen molar-refractivity contribution in [2.24, 2.45) is 0 Å². The van der Waals surface area contributed by atoms with Gasteiger partial charge in [-0.2, -0.15) is 0 Å². The molecule has 0 aromatic heterocycles. The van der Waals surface area contributed by atoms with Crippen LogP contribution in [0, 0.1) is 0 Å². The zero-order valence-electron chi connectivity index (χ0n) is 10.2. The van der Waals surface area contributed by atoms with E-state index in [-0.39, 0.29) is 5.91 Å². The molecule has 4 nitrogen and oxygen atoms in total. The summed E-state index contributed by atoms with van der Waals surface area (Å²) in [6.07, 6.45) is 0.701. The lowest BCUT2D eigenvalue weighted by atomic mass is 10.1. The molecule has 0 atom stereocenters. The molecule has 5 heteroatoms. The van der Waals surface area contributed by atoms with Crippen molar-refractivity contribution in [3.63, 3.8) is 0 Å². The Balaban J connectivity index is 2.88. The maximum absolute atomic E-state index is 10.8. The molecule has 94 valence electrons. The number of amides is 1. The third-order valence-electron chi connectivity index (χ3n) is 2.32. The number of carbonyl (C=O) groups is 1. The Labute approximate surface area is 109 Å². The van der Waals surface area contributed by atoms with Crippen LogP contribution in [0.15, 0.2) is 16.6 Å². The van der Waals surface area contributed by atoms with Crippen molar-refractivity contribution in [2.45, 2.75) is 13.3 Å². The number of rotatable bonds is 5. The first-order valence-corrected chi connectivity index (χ1v) is 6.03. The molecule has 1 rings (SSSR count). The Bertz CT molecular complexity index is 407. The van der Waals surface area contributed by atoms with Gasteiger partial charge in [-0.15, -0.1) is 0 Å². The zero-order chi connectivity index (χ0) is 12.8. The van der Waals surface area contributed by atoms with Crippen LogP contribution in [0.4, 0.5) is 0 Å². The second kappa shape index (κ2) is 6.49. The van der Waals surface area contributed by atoms with Gasteiger partial charge in [-0.1, -0.05) is 6.07 Å². The minimum Gasteiger partial charge on any atom is -0.493 e. The third-order valence-corrected chi connectivity index (χ3v) is 2.95. The normalized spacial score (nSPS) is 9.88. The number of hydrogen-bond donors (Lipinski definition) is 1. The predicted octanol–water partition coefficient (Wildman–Crippen LogP) is 2.14. The Hall–Kier alpha value is -1.23. The van der Waals surface area contributed by atoms with E-state index in [9.17, 15) is 4.79 Å². The summed E-state index contributed by atoms with van der Waals surface area (Å²) in [6, 6.07) is 3.86. The largest absolute Gasteiger partial charge is 0.493 e. The maximum atomic E-state index is 10.8. The van der Waals surface area contributed by atoms with E-state index in [1.807, 2.05) is 12.1 Å². The highest BCUT2D eigenvalue weighted by Crippen LogP contribution is 2.37. The van der Waals surface area contributed by atoms with Gasteiger partial charge in [0.2, 0.25) is 5.91 Å². The van der Waals surface area contributed by atoms with E-state index in [0.29, 0.717) is 24.5 Å². The van der Waals surface area contributed by atoms with Crippen LogP contribution in [0.1, 0.15) is 12.5 Å². The van der Waals surface area contributed by atoms with Gasteiger partial charge in [-0.3, -0.25) is 4.79 Å². The second-order valence-corrected chi connectivity index (χ2v) is 4.36. The summed E-state index contributed by atoms with van der Waals surface area (Å²) < 4.78 is 11.5. The second-order valence-electron chi connectivity index (χ2n) is 3.51. The van der Waals surface area contributed by atoms with Crippen molar-refractivity contribution in [3.8, 4) is 11.5 Å². The van der Waals surface area contributed by atoms with E-state index in [1.165, 1.54) is 6.92 Å². The molecule has 1 aromatic rings. The van der Waals surface area contributed by atoms with Gasteiger partial charge in [0, 0.05) is 13.5 Å². The number of carbonyl (C=O) groups excluding carboxylic acids is 1. The number of hydrogen-bond acceptors (Lipinski definition) is 3. The quantitative estimate of drug-likeness (QED) is 0.906. The highest BCUT2D eigenvalue weighted by Gasteiger charge is 2.13. The van der Waals surface area contributed by atoms with E-state index in [2.05, 4.69) is 21.2 Å². The smallest absolute Gasteiger partial charge is 0.216 e. The number of methoxy groups -OCH3 is 2. The molecule has 1 amide bonds. The van der Waals surface area contributed by atoms with Crippen molar-refractivity contribution in [1.29, 1.82) is 0 Å². The molecule has 0 aliphatic rings. The van der Waals surface area contributed by atoms with Crippen molar-refractivity contribution >= 4 is 21.8 Å². The van der Waals surface area contributed by atoms with Crippen LogP contribution in [0.5, 0.6) is 11.5 Å². The lowest BCUT2D eigenvalue weighted by molar-refractivity contribution is -0.118. The Kier molecular flexibility index (Phi) is 5.28. The van der Waals surface area contributed by atoms with Crippen molar-refractivity contribution in [1.82, 2.24) is 5.32 Å². The third kappa shape index (κ3) is 3.63. The van der Waals surface area contributed by atoms with E-state index >= 15 is 0 Å². The molecule has 0 aliphatic carbocycles. The van der Waals surface area contributed by atoms with Crippen LogP contribution in [-0.4, -0.2) is 26.7 Å². The van der Waals surface area contributed by atoms with Gasteiger partial charge in [-0.25, -0.2) is 0 Å². The van der Waals surface area contributed by atoms with Gasteiger partial charge in [0.25, 0.3) is 0 Å². The Morgan fingerprint density at radius 1 is 1.29 bits per heavy atom. The highest BCUT2D eigenvalue weighted by molar-refractivity contribution is 9.10. The first-order valence-electron chi connectivity index (χ1n) is 5.24. The van der Waals surface area contributed by atoms with E-state index in [1.54, 1.807) is 14.2 Å². The number of nitrogens with one attached hydrogen (secondary N) is 1. The number of benzene rings is 1. The molecule has 1 aromatic carbocycles. The molecular weight excluding hydrogens is 286 g/mol. The number of ether oxygens (including phenoxy) is 2. The van der Waals surface area contributed by atoms with E-state index < -0.39 is 0 Å². The van der Waals surface area contributed by atoms with Gasteiger partial charge in [-0.05, 0) is 34.0 Å². The molecule has 0 saturated heterocycles. The summed E-state index contributed by atoms with van der Waals surface area (Å²) in [4.78, 5) is 10.8. The minimum absolute atomic E-state index is 0.0342. The predicted molar refractivity (Wildman–Crippen MR) is 69.6 cm³/mol. The van der Waals surface area contributed by atoms with Crippen LogP contribution >= 0.6 is 15.9 Å². The van der Waals surface area contributed by atoms with Crippen LogP contribution in [0.3, 0.4) is 0 Å². The minimum atomic E-state index is -0.0342. The molecule has 0 spiro atoms. The molecule has 0 heterocycles. The average molecular weight is 302 g/mol. The lowest BCUT2D eigenvalue weighted by Crippen LogP contribution is -2.22. The van der Waals surface area contributed by atoms with Gasteiger partial charge in [0.1, 0.15) is 0 Å². The molecule has 1 N–H and O–H groups in total. The topological polar surface area (TPSA) is 47.6 Å². The SMILES string of the molecule is COc1c(Br)ccc(CCNC(C)=O)c1OC. The van der Waals surface area contributed by atoms with Gasteiger partial charge < -0.3 is 14.8 Å². The lowest BCUT2D eigenvalue weighted by Gasteiger charge is -2.14. The zero-order valence-corrected chi connectivity index (χ0v) is 11.8. The van der Waals surface area contributed by atoms with Crippen LogP contribution in [0.25, 0.3) is 0 Å². The van der Waals surface area contributed by atoms with Gasteiger partial charge >= 0.3 is 0 Å². The molecular formula is C12H16BrNO3. The fourth-order valence-electron chi connectivity index (χ4n) is 1.56. The first-order chi connectivity index (χ1) is 8.10. The monoisotopic (exact) mass is 301 g/mol. The fourth-order valence-corrected chi connectivity index (χ4v) is 2.04. The summed E-state index contributed by atoms with van der Waals surface area (Å²) in [5.41, 5.74) is 1.00. The fraction of sp³-hybridized carbons (Fsp3) is 0.417. The van der Waals surface area contributed by atoms with Crippen LogP contribution < -0.4 is 14.8 Å². The maximum Gasteiger partial charge on any atom is 0.216 e. The summed E-state index contributed by atoms with van der Waals surface area (Å²) in [6.45, 7) is 2.08. The molecule has 0 radical (unpaired) electrons. The van der Waals surface area contributed by atoms with Gasteiger partial charge in [0.05, 0.1) is 18.7 Å². The molecule has 0 bridgehead atoms. The van der Waals surface area contributed by atoms with Gasteiger partial charge in [0.15, 0.2) is 11.5 Å². The summed E-state index contributed by atoms with van der Waals surface area (Å²) in [5, 5.41) is 2.75. The van der Waals surface area contributed by atoms with Crippen molar-refractivity contribution in [3.05, 3.63) is 22.2 Å². The summed E-state index contributed by atoms with van der Waals surface area (Å²) >= 11 is 3.40. The Morgan fingerprint density at radius 2 is 1.94 bits per heavy atom. The Morgan fingerprint density at radius 3 is 2.47 bits per heavy atom.